The molecule has 15 nitrogen and oxygen atoms in total. The van der Waals surface area contributed by atoms with Crippen LogP contribution in [0, 0.1) is 0 Å². The van der Waals surface area contributed by atoms with Crippen molar-refractivity contribution in [3.05, 3.63) is 0 Å². The summed E-state index contributed by atoms with van der Waals surface area (Å²) in [5.41, 5.74) is 16.1. The summed E-state index contributed by atoms with van der Waals surface area (Å²) < 4.78 is 0. The molecule has 0 rings (SSSR count). The number of hydrogen-bond donors (Lipinski definition) is 10. The van der Waals surface area contributed by atoms with Gasteiger partial charge in [-0.1, -0.05) is 0 Å². The lowest BCUT2D eigenvalue weighted by atomic mass is 10.1. The highest BCUT2D eigenvalue weighted by Crippen LogP contribution is 2.05. The van der Waals surface area contributed by atoms with E-state index in [1.807, 2.05) is 0 Å². The maximum Gasteiger partial charge on any atom is 0.328 e. The van der Waals surface area contributed by atoms with Gasteiger partial charge < -0.3 is 48.5 Å². The van der Waals surface area contributed by atoms with Crippen LogP contribution in [0.1, 0.15) is 32.6 Å². The third-order valence-corrected chi connectivity index (χ3v) is 4.83. The van der Waals surface area contributed by atoms with Gasteiger partial charge in [-0.2, -0.15) is 12.6 Å². The SMILES string of the molecule is CC(O)C(NC(=O)C(CCC(=O)O)NC(=O)C(CCCN=C(N)N)NC(=O)C(N)CS)C(=O)O. The lowest BCUT2D eigenvalue weighted by Crippen LogP contribution is -2.58. The van der Waals surface area contributed by atoms with Gasteiger partial charge in [-0.3, -0.25) is 24.2 Å². The van der Waals surface area contributed by atoms with Crippen LogP contribution in [0.2, 0.25) is 0 Å². The number of guanidine groups is 1. The predicted molar refractivity (Wildman–Crippen MR) is 124 cm³/mol. The number of nitrogens with two attached hydrogens (primary N) is 3. The second-order valence-electron chi connectivity index (χ2n) is 7.36. The molecule has 5 unspecified atom stereocenters. The van der Waals surface area contributed by atoms with E-state index in [0.717, 1.165) is 6.92 Å². The normalized spacial score (nSPS) is 15.1. The number of aliphatic imine (C=N–C) groups is 1. The molecule has 5 atom stereocenters. The van der Waals surface area contributed by atoms with E-state index in [1.54, 1.807) is 0 Å². The Balaban J connectivity index is 5.59. The van der Waals surface area contributed by atoms with E-state index in [9.17, 15) is 29.1 Å². The number of aliphatic hydroxyl groups excluding tert-OH is 1. The molecule has 16 heteroatoms. The van der Waals surface area contributed by atoms with Crippen LogP contribution in [0.3, 0.4) is 0 Å². The van der Waals surface area contributed by atoms with Gasteiger partial charge in [0.15, 0.2) is 12.0 Å². The predicted octanol–water partition coefficient (Wildman–Crippen LogP) is -3.92. The molecule has 0 heterocycles. The van der Waals surface area contributed by atoms with Gasteiger partial charge in [0.05, 0.1) is 12.1 Å². The van der Waals surface area contributed by atoms with Crippen molar-refractivity contribution in [2.45, 2.75) is 62.9 Å². The average molecular weight is 508 g/mol. The Morgan fingerprint density at radius 3 is 1.94 bits per heavy atom. The van der Waals surface area contributed by atoms with Gasteiger partial charge in [0.1, 0.15) is 12.1 Å². The summed E-state index contributed by atoms with van der Waals surface area (Å²) in [6, 6.07) is -5.38. The van der Waals surface area contributed by atoms with Crippen molar-refractivity contribution in [3.8, 4) is 0 Å². The molecule has 0 fully saturated rings. The Labute approximate surface area is 201 Å². The Morgan fingerprint density at radius 1 is 0.941 bits per heavy atom. The number of carbonyl (C=O) groups is 5. The van der Waals surface area contributed by atoms with Gasteiger partial charge in [0, 0.05) is 18.7 Å². The fraction of sp³-hybridized carbons (Fsp3) is 0.667. The first-order valence-electron chi connectivity index (χ1n) is 10.3. The third kappa shape index (κ3) is 12.2. The highest BCUT2D eigenvalue weighted by Gasteiger charge is 2.32. The average Bonchev–Trinajstić information content (AvgIpc) is 2.74. The van der Waals surface area contributed by atoms with Crippen molar-refractivity contribution < 1.29 is 39.3 Å². The molecule has 0 saturated heterocycles. The minimum atomic E-state index is -1.69. The van der Waals surface area contributed by atoms with Crippen LogP contribution in [0.25, 0.3) is 0 Å². The van der Waals surface area contributed by atoms with Gasteiger partial charge in [0.25, 0.3) is 0 Å². The highest BCUT2D eigenvalue weighted by atomic mass is 32.1. The molecule has 194 valence electrons. The summed E-state index contributed by atoms with van der Waals surface area (Å²) >= 11 is 3.92. The number of aliphatic hydroxyl groups is 1. The van der Waals surface area contributed by atoms with E-state index in [0.29, 0.717) is 0 Å². The number of aliphatic carboxylic acids is 2. The fourth-order valence-corrected chi connectivity index (χ4v) is 2.75. The van der Waals surface area contributed by atoms with Crippen molar-refractivity contribution in [3.63, 3.8) is 0 Å². The molecule has 0 aliphatic rings. The van der Waals surface area contributed by atoms with Crippen LogP contribution >= 0.6 is 12.6 Å². The van der Waals surface area contributed by atoms with E-state index in [4.69, 9.17) is 27.4 Å². The lowest BCUT2D eigenvalue weighted by molar-refractivity contribution is -0.145. The Morgan fingerprint density at radius 2 is 1.47 bits per heavy atom. The monoisotopic (exact) mass is 507 g/mol. The Kier molecular flexibility index (Phi) is 14.2. The number of thiol groups is 1. The summed E-state index contributed by atoms with van der Waals surface area (Å²) in [5.74, 6) is -5.54. The van der Waals surface area contributed by atoms with E-state index in [2.05, 4.69) is 33.6 Å². The number of rotatable bonds is 16. The van der Waals surface area contributed by atoms with Crippen LogP contribution in [0.5, 0.6) is 0 Å². The fourth-order valence-electron chi connectivity index (χ4n) is 2.59. The maximum absolute atomic E-state index is 12.9. The number of hydrogen-bond acceptors (Lipinski definition) is 9. The number of carboxylic acid groups (broad SMARTS) is 2. The zero-order chi connectivity index (χ0) is 26.4. The van der Waals surface area contributed by atoms with E-state index in [-0.39, 0.29) is 37.5 Å². The molecule has 0 aromatic carbocycles. The topological polar surface area (TPSA) is 273 Å². The van der Waals surface area contributed by atoms with Crippen LogP contribution in [-0.2, 0) is 24.0 Å². The molecule has 0 spiro atoms. The molecule has 0 aromatic heterocycles. The van der Waals surface area contributed by atoms with Gasteiger partial charge in [-0.15, -0.1) is 0 Å². The summed E-state index contributed by atoms with van der Waals surface area (Å²) in [7, 11) is 0. The van der Waals surface area contributed by atoms with Crippen molar-refractivity contribution in [1.29, 1.82) is 0 Å². The summed E-state index contributed by atoms with van der Waals surface area (Å²) in [6.07, 6.45) is -2.10. The highest BCUT2D eigenvalue weighted by molar-refractivity contribution is 7.80. The number of nitrogens with one attached hydrogen (secondary N) is 3. The zero-order valence-corrected chi connectivity index (χ0v) is 19.5. The first-order valence-corrected chi connectivity index (χ1v) is 10.9. The number of nitrogens with zero attached hydrogens (tertiary/aromatic N) is 1. The second-order valence-corrected chi connectivity index (χ2v) is 7.72. The van der Waals surface area contributed by atoms with Crippen LogP contribution in [0.15, 0.2) is 4.99 Å². The largest absolute Gasteiger partial charge is 0.481 e. The maximum atomic E-state index is 12.9. The van der Waals surface area contributed by atoms with Gasteiger partial charge >= 0.3 is 11.9 Å². The van der Waals surface area contributed by atoms with Crippen molar-refractivity contribution in [2.75, 3.05) is 12.3 Å². The van der Waals surface area contributed by atoms with Crippen molar-refractivity contribution in [2.24, 2.45) is 22.2 Å². The van der Waals surface area contributed by atoms with Gasteiger partial charge in [-0.05, 0) is 26.2 Å². The van der Waals surface area contributed by atoms with E-state index >= 15 is 0 Å². The van der Waals surface area contributed by atoms with Gasteiger partial charge in [-0.25, -0.2) is 4.79 Å². The van der Waals surface area contributed by atoms with Crippen molar-refractivity contribution in [1.82, 2.24) is 16.0 Å². The molecule has 0 bridgehead atoms. The molecular weight excluding hydrogens is 474 g/mol. The number of carboxylic acids is 2. The van der Waals surface area contributed by atoms with Gasteiger partial charge in [0.2, 0.25) is 17.7 Å². The van der Waals surface area contributed by atoms with Crippen LogP contribution < -0.4 is 33.2 Å². The summed E-state index contributed by atoms with van der Waals surface area (Å²) in [6.45, 7) is 1.27. The van der Waals surface area contributed by atoms with Crippen molar-refractivity contribution >= 4 is 48.2 Å². The molecule has 3 amide bonds. The lowest BCUT2D eigenvalue weighted by Gasteiger charge is -2.25. The zero-order valence-electron chi connectivity index (χ0n) is 18.6. The van der Waals surface area contributed by atoms with E-state index < -0.39 is 66.4 Å². The molecule has 0 saturated carbocycles. The second kappa shape index (κ2) is 15.7. The first-order chi connectivity index (χ1) is 15.8. The molecule has 34 heavy (non-hydrogen) atoms. The number of amides is 3. The molecule has 12 N–H and O–H groups in total. The first kappa shape index (κ1) is 30.9. The molecule has 0 aromatic rings. The quantitative estimate of drug-likeness (QED) is 0.0417. The minimum Gasteiger partial charge on any atom is -0.481 e. The Hall–Kier alpha value is -3.11. The summed E-state index contributed by atoms with van der Waals surface area (Å²) in [5, 5.41) is 34.5. The molecular formula is C18H33N7O8S. The summed E-state index contributed by atoms with van der Waals surface area (Å²) in [4.78, 5) is 63.6. The van der Waals surface area contributed by atoms with Crippen LogP contribution in [-0.4, -0.2) is 93.5 Å². The number of carbonyl (C=O) groups excluding carboxylic acids is 3. The molecule has 0 radical (unpaired) electrons. The molecule has 0 aliphatic heterocycles. The minimum absolute atomic E-state index is 0.00621. The smallest absolute Gasteiger partial charge is 0.328 e. The standard InChI is InChI=1S/C18H33N7O8S/c1-8(26)13(17(32)33)25-16(31)11(4-5-12(27)28)24-15(30)10(3-2-6-22-18(20)21)23-14(29)9(19)7-34/h8-11,13,26,34H,2-7,19H2,1H3,(H,23,29)(H,24,30)(H,25,31)(H,27,28)(H,32,33)(H4,20,21,22). The van der Waals surface area contributed by atoms with Crippen LogP contribution in [0.4, 0.5) is 0 Å². The Bertz CT molecular complexity index is 761. The van der Waals surface area contributed by atoms with E-state index in [1.165, 1.54) is 0 Å². The molecule has 0 aliphatic carbocycles. The third-order valence-electron chi connectivity index (χ3n) is 4.44.